The van der Waals surface area contributed by atoms with Gasteiger partial charge >= 0.3 is 0 Å². The second-order valence-corrected chi connectivity index (χ2v) is 11.1. The van der Waals surface area contributed by atoms with Crippen LogP contribution in [0.25, 0.3) is 0 Å². The number of carbonyl (C=O) groups excluding carboxylic acids is 3. The van der Waals surface area contributed by atoms with Crippen molar-refractivity contribution >= 4 is 17.7 Å². The number of phenolic OH excluding ortho intramolecular Hbond substituents is 1. The first kappa shape index (κ1) is 30.7. The topological polar surface area (TPSA) is 143 Å². The maximum Gasteiger partial charge on any atom is 0.246 e. The molecular formula is C28H40FN5O4. The van der Waals surface area contributed by atoms with Crippen LogP contribution in [0, 0.1) is 11.9 Å². The number of carbonyl (C=O) groups is 3. The van der Waals surface area contributed by atoms with Crippen LogP contribution in [0.2, 0.25) is 0 Å². The number of aromatic nitrogens is 1. The summed E-state index contributed by atoms with van der Waals surface area (Å²) in [4.78, 5) is 45.4. The number of hydrogen-bond acceptors (Lipinski definition) is 6. The molecule has 1 aromatic carbocycles. The number of nitrogens with zero attached hydrogens (tertiary/aromatic N) is 3. The number of rotatable bonds is 10. The van der Waals surface area contributed by atoms with Gasteiger partial charge in [-0.3, -0.25) is 14.4 Å². The molecule has 3 amide bonds. The molecule has 9 nitrogen and oxygen atoms in total. The first-order valence-electron chi connectivity index (χ1n) is 12.6. The molecule has 3 atom stereocenters. The molecule has 1 aromatic heterocycles. The molecule has 38 heavy (non-hydrogen) atoms. The molecule has 0 spiro atoms. The van der Waals surface area contributed by atoms with E-state index >= 15 is 0 Å². The molecular weight excluding hydrogens is 489 g/mol. The van der Waals surface area contributed by atoms with Crippen LogP contribution in [-0.2, 0) is 32.6 Å². The molecule has 0 fully saturated rings. The zero-order valence-electron chi connectivity index (χ0n) is 23.2. The molecule has 1 heterocycles. The van der Waals surface area contributed by atoms with E-state index in [-0.39, 0.29) is 29.9 Å². The normalized spacial score (nSPS) is 14.1. The second kappa shape index (κ2) is 12.3. The van der Waals surface area contributed by atoms with Crippen LogP contribution in [0.3, 0.4) is 0 Å². The highest BCUT2D eigenvalue weighted by Crippen LogP contribution is 2.31. The number of aromatic hydroxyl groups is 1. The number of primary amides is 1. The van der Waals surface area contributed by atoms with Crippen LogP contribution < -0.4 is 11.5 Å². The highest BCUT2D eigenvalue weighted by atomic mass is 19.1. The summed E-state index contributed by atoms with van der Waals surface area (Å²) < 4.78 is 13.5. The predicted molar refractivity (Wildman–Crippen MR) is 144 cm³/mol. The Morgan fingerprint density at radius 3 is 2.13 bits per heavy atom. The van der Waals surface area contributed by atoms with Gasteiger partial charge in [0, 0.05) is 26.7 Å². The van der Waals surface area contributed by atoms with Crippen molar-refractivity contribution in [1.29, 1.82) is 0 Å². The van der Waals surface area contributed by atoms with Crippen LogP contribution in [0.1, 0.15) is 51.3 Å². The fourth-order valence-electron chi connectivity index (χ4n) is 4.53. The quantitative estimate of drug-likeness (QED) is 0.403. The maximum atomic E-state index is 13.7. The second-order valence-electron chi connectivity index (χ2n) is 11.1. The maximum absolute atomic E-state index is 13.7. The molecule has 0 bridgehead atoms. The molecule has 0 aliphatic heterocycles. The summed E-state index contributed by atoms with van der Waals surface area (Å²) >= 11 is 0. The minimum Gasteiger partial charge on any atom is -0.508 e. The summed E-state index contributed by atoms with van der Waals surface area (Å²) in [6, 6.07) is 4.92. The number of benzene rings is 1. The van der Waals surface area contributed by atoms with E-state index in [0.717, 1.165) is 5.56 Å². The summed E-state index contributed by atoms with van der Waals surface area (Å²) in [5.41, 5.74) is 13.5. The molecule has 1 unspecified atom stereocenters. The minimum atomic E-state index is -1.01. The molecule has 0 aliphatic rings. The molecule has 0 aliphatic carbocycles. The lowest BCUT2D eigenvalue weighted by atomic mass is 9.84. The summed E-state index contributed by atoms with van der Waals surface area (Å²) in [6.07, 6.45) is 1.50. The van der Waals surface area contributed by atoms with Gasteiger partial charge in [-0.2, -0.15) is 4.39 Å². The van der Waals surface area contributed by atoms with E-state index in [4.69, 9.17) is 11.5 Å². The van der Waals surface area contributed by atoms with E-state index in [1.54, 1.807) is 38.1 Å². The summed E-state index contributed by atoms with van der Waals surface area (Å²) in [6.45, 7) is 9.46. The minimum absolute atomic E-state index is 0.0678. The predicted octanol–water partition coefficient (Wildman–Crippen LogP) is 2.13. The zero-order chi connectivity index (χ0) is 28.9. The highest BCUT2D eigenvalue weighted by molar-refractivity contribution is 5.93. The average Bonchev–Trinajstić information content (AvgIpc) is 2.81. The van der Waals surface area contributed by atoms with Crippen molar-refractivity contribution < 1.29 is 23.9 Å². The van der Waals surface area contributed by atoms with Gasteiger partial charge in [0.2, 0.25) is 23.7 Å². The monoisotopic (exact) mass is 529 g/mol. The molecule has 2 rings (SSSR count). The van der Waals surface area contributed by atoms with Gasteiger partial charge < -0.3 is 26.4 Å². The Balaban J connectivity index is 2.27. The summed E-state index contributed by atoms with van der Waals surface area (Å²) in [7, 11) is 2.97. The Labute approximate surface area is 224 Å². The Bertz CT molecular complexity index is 1160. The van der Waals surface area contributed by atoms with Crippen molar-refractivity contribution in [2.24, 2.45) is 17.4 Å². The average molecular weight is 530 g/mol. The molecule has 5 N–H and O–H groups in total. The largest absolute Gasteiger partial charge is 0.508 e. The first-order valence-corrected chi connectivity index (χ1v) is 12.6. The standard InChI is InChI=1S/C28H40FN5O4/c1-16(2)24(34(7)26(37)20(30)13-18-10-11-32-23(29)15-18)27(38)33(6)21(25(31)36)14-17-8-9-22(35)19(12-17)28(3,4)5/h8-12,15-16,20-21,24,35H,13-14,30H2,1-7H3,(H2,31,36)/t20?,21-,24-/m0/s1. The lowest BCUT2D eigenvalue weighted by Gasteiger charge is -2.36. The smallest absolute Gasteiger partial charge is 0.246 e. The van der Waals surface area contributed by atoms with Gasteiger partial charge in [0.1, 0.15) is 17.8 Å². The van der Waals surface area contributed by atoms with E-state index in [9.17, 15) is 23.9 Å². The summed E-state index contributed by atoms with van der Waals surface area (Å²) in [5.74, 6) is -2.48. The summed E-state index contributed by atoms with van der Waals surface area (Å²) in [5, 5.41) is 10.3. The van der Waals surface area contributed by atoms with E-state index in [2.05, 4.69) is 4.98 Å². The SMILES string of the molecule is CC(C)[C@@H](C(=O)N(C)[C@@H](Cc1ccc(O)c(C(C)(C)C)c1)C(N)=O)N(C)C(=O)C(N)Cc1ccnc(F)c1. The van der Waals surface area contributed by atoms with E-state index in [1.165, 1.54) is 36.2 Å². The molecule has 208 valence electrons. The Morgan fingerprint density at radius 1 is 1.00 bits per heavy atom. The third-order valence-corrected chi connectivity index (χ3v) is 6.65. The van der Waals surface area contributed by atoms with Crippen molar-refractivity contribution in [2.75, 3.05) is 14.1 Å². The molecule has 0 saturated carbocycles. The number of nitrogens with two attached hydrogens (primary N) is 2. The highest BCUT2D eigenvalue weighted by Gasteiger charge is 2.37. The van der Waals surface area contributed by atoms with Gasteiger partial charge in [-0.05, 0) is 52.6 Å². The van der Waals surface area contributed by atoms with Crippen molar-refractivity contribution in [3.8, 4) is 5.75 Å². The number of hydrogen-bond donors (Lipinski definition) is 3. The van der Waals surface area contributed by atoms with Crippen LogP contribution in [0.4, 0.5) is 4.39 Å². The molecule has 2 aromatic rings. The third kappa shape index (κ3) is 7.50. The Morgan fingerprint density at radius 2 is 1.61 bits per heavy atom. The van der Waals surface area contributed by atoms with Gasteiger partial charge in [0.15, 0.2) is 0 Å². The van der Waals surface area contributed by atoms with Gasteiger partial charge in [-0.25, -0.2) is 4.98 Å². The molecule has 0 radical (unpaired) electrons. The van der Waals surface area contributed by atoms with Gasteiger partial charge in [0.25, 0.3) is 0 Å². The number of likely N-dealkylation sites (N-methyl/N-ethyl adjacent to an activating group) is 2. The Hall–Kier alpha value is -3.53. The lowest BCUT2D eigenvalue weighted by molar-refractivity contribution is -0.149. The van der Waals surface area contributed by atoms with Crippen molar-refractivity contribution in [2.45, 2.75) is 71.0 Å². The van der Waals surface area contributed by atoms with Gasteiger partial charge in [-0.1, -0.05) is 46.8 Å². The van der Waals surface area contributed by atoms with E-state index < -0.39 is 41.8 Å². The van der Waals surface area contributed by atoms with Gasteiger partial charge in [0.05, 0.1) is 6.04 Å². The Kier molecular flexibility index (Phi) is 9.97. The van der Waals surface area contributed by atoms with Gasteiger partial charge in [-0.15, -0.1) is 0 Å². The number of amides is 3. The number of halogens is 1. The van der Waals surface area contributed by atoms with E-state index in [0.29, 0.717) is 11.1 Å². The third-order valence-electron chi connectivity index (χ3n) is 6.65. The van der Waals surface area contributed by atoms with Crippen LogP contribution in [-0.4, -0.2) is 69.8 Å². The van der Waals surface area contributed by atoms with Crippen LogP contribution >= 0.6 is 0 Å². The van der Waals surface area contributed by atoms with Crippen LogP contribution in [0.5, 0.6) is 5.75 Å². The van der Waals surface area contributed by atoms with E-state index in [1.807, 2.05) is 20.8 Å². The number of pyridine rings is 1. The first-order chi connectivity index (χ1) is 17.5. The molecule has 0 saturated heterocycles. The van der Waals surface area contributed by atoms with Crippen molar-refractivity contribution in [1.82, 2.24) is 14.8 Å². The zero-order valence-corrected chi connectivity index (χ0v) is 23.2. The van der Waals surface area contributed by atoms with Crippen molar-refractivity contribution in [3.63, 3.8) is 0 Å². The fraction of sp³-hybridized carbons (Fsp3) is 0.500. The fourth-order valence-corrected chi connectivity index (χ4v) is 4.53. The lowest BCUT2D eigenvalue weighted by Crippen LogP contribution is -2.58. The van der Waals surface area contributed by atoms with Crippen LogP contribution in [0.15, 0.2) is 36.5 Å². The van der Waals surface area contributed by atoms with Crippen molar-refractivity contribution in [3.05, 3.63) is 59.2 Å². The number of phenols is 1. The molecule has 10 heteroatoms.